The van der Waals surface area contributed by atoms with Gasteiger partial charge in [-0.3, -0.25) is 0 Å². The van der Waals surface area contributed by atoms with E-state index in [1.807, 2.05) is 18.2 Å². The zero-order valence-corrected chi connectivity index (χ0v) is 31.3. The Labute approximate surface area is 334 Å². The van der Waals surface area contributed by atoms with Crippen LogP contribution in [0.25, 0.3) is 93.6 Å². The number of para-hydroxylation sites is 6. The van der Waals surface area contributed by atoms with Crippen LogP contribution in [0.2, 0.25) is 0 Å². The molecule has 0 saturated carbocycles. The normalized spacial score (nSPS) is 11.8. The number of hydrogen-bond donors (Lipinski definition) is 0. The van der Waals surface area contributed by atoms with Gasteiger partial charge in [0, 0.05) is 60.5 Å². The summed E-state index contributed by atoms with van der Waals surface area (Å²) in [5, 5.41) is 6.83. The van der Waals surface area contributed by atoms with E-state index in [1.54, 1.807) is 0 Å². The molecule has 0 radical (unpaired) electrons. The van der Waals surface area contributed by atoms with Crippen LogP contribution in [0.5, 0.6) is 0 Å². The molecule has 3 aromatic heterocycles. The van der Waals surface area contributed by atoms with Crippen molar-refractivity contribution in [1.29, 1.82) is 0 Å². The topological polar surface area (TPSA) is 34.5 Å². The highest BCUT2D eigenvalue weighted by Crippen LogP contribution is 2.48. The zero-order chi connectivity index (χ0) is 38.2. The molecule has 272 valence electrons. The SMILES string of the molecule is c1ccc(N(c2cc(-c3cccc(-n4c5ccccc5c5ccccc54)c3)c3oc4ccccc4c3c2)c2ccccc2-c2cccc3oc4ccccc4c23)cc1. The minimum Gasteiger partial charge on any atom is -0.456 e. The maximum Gasteiger partial charge on any atom is 0.143 e. The molecule has 0 fully saturated rings. The maximum absolute atomic E-state index is 6.79. The average molecular weight is 743 g/mol. The quantitative estimate of drug-likeness (QED) is 0.170. The van der Waals surface area contributed by atoms with Gasteiger partial charge in [0.2, 0.25) is 0 Å². The van der Waals surface area contributed by atoms with E-state index in [-0.39, 0.29) is 0 Å². The van der Waals surface area contributed by atoms with Crippen LogP contribution in [-0.2, 0) is 0 Å². The highest BCUT2D eigenvalue weighted by atomic mass is 16.3. The van der Waals surface area contributed by atoms with Crippen molar-refractivity contribution in [3.63, 3.8) is 0 Å². The third-order valence-corrected chi connectivity index (χ3v) is 11.6. The third kappa shape index (κ3) is 4.95. The summed E-state index contributed by atoms with van der Waals surface area (Å²) in [5.74, 6) is 0. The largest absolute Gasteiger partial charge is 0.456 e. The second kappa shape index (κ2) is 12.9. The average Bonchev–Trinajstić information content (AvgIpc) is 3.97. The molecule has 12 rings (SSSR count). The van der Waals surface area contributed by atoms with Gasteiger partial charge in [0.25, 0.3) is 0 Å². The first-order valence-electron chi connectivity index (χ1n) is 19.7. The molecule has 3 heterocycles. The van der Waals surface area contributed by atoms with Gasteiger partial charge in [-0.05, 0) is 83.9 Å². The molecule has 0 aliphatic heterocycles. The Kier molecular flexibility index (Phi) is 7.20. The van der Waals surface area contributed by atoms with Gasteiger partial charge in [-0.1, -0.05) is 133 Å². The smallest absolute Gasteiger partial charge is 0.143 e. The molecular weight excluding hydrogens is 709 g/mol. The van der Waals surface area contributed by atoms with E-state index in [1.165, 1.54) is 21.8 Å². The molecule has 0 unspecified atom stereocenters. The summed E-state index contributed by atoms with van der Waals surface area (Å²) in [5.41, 5.74) is 14.4. The number of hydrogen-bond acceptors (Lipinski definition) is 3. The number of anilines is 3. The number of furan rings is 2. The fourth-order valence-corrected chi connectivity index (χ4v) is 9.07. The molecule has 58 heavy (non-hydrogen) atoms. The summed E-state index contributed by atoms with van der Waals surface area (Å²) in [6, 6.07) is 73.2. The van der Waals surface area contributed by atoms with Crippen LogP contribution in [0.15, 0.2) is 215 Å². The van der Waals surface area contributed by atoms with Crippen molar-refractivity contribution in [3.8, 4) is 27.9 Å². The highest BCUT2D eigenvalue weighted by Gasteiger charge is 2.23. The molecule has 0 bridgehead atoms. The Morgan fingerprint density at radius 2 is 0.966 bits per heavy atom. The lowest BCUT2D eigenvalue weighted by atomic mass is 9.96. The first-order chi connectivity index (χ1) is 28.8. The first-order valence-corrected chi connectivity index (χ1v) is 19.7. The lowest BCUT2D eigenvalue weighted by Crippen LogP contribution is -2.11. The van der Waals surface area contributed by atoms with Crippen LogP contribution < -0.4 is 4.90 Å². The van der Waals surface area contributed by atoms with Gasteiger partial charge in [-0.15, -0.1) is 0 Å². The Bertz CT molecular complexity index is 3480. The molecule has 9 aromatic carbocycles. The molecule has 12 aromatic rings. The summed E-state index contributed by atoms with van der Waals surface area (Å²) in [7, 11) is 0. The van der Waals surface area contributed by atoms with Crippen LogP contribution in [0, 0.1) is 0 Å². The monoisotopic (exact) mass is 742 g/mol. The Morgan fingerprint density at radius 1 is 0.362 bits per heavy atom. The number of benzene rings is 9. The summed E-state index contributed by atoms with van der Waals surface area (Å²) < 4.78 is 15.6. The third-order valence-electron chi connectivity index (χ3n) is 11.6. The lowest BCUT2D eigenvalue weighted by Gasteiger charge is -2.28. The fraction of sp³-hybridized carbons (Fsp3) is 0. The van der Waals surface area contributed by atoms with E-state index in [2.05, 4.69) is 198 Å². The van der Waals surface area contributed by atoms with Gasteiger partial charge >= 0.3 is 0 Å². The van der Waals surface area contributed by atoms with E-state index in [0.29, 0.717) is 0 Å². The lowest BCUT2D eigenvalue weighted by molar-refractivity contribution is 0.669. The number of rotatable bonds is 6. The molecule has 0 spiro atoms. The van der Waals surface area contributed by atoms with Crippen molar-refractivity contribution in [2.45, 2.75) is 0 Å². The summed E-state index contributed by atoms with van der Waals surface area (Å²) >= 11 is 0. The van der Waals surface area contributed by atoms with Gasteiger partial charge in [-0.25, -0.2) is 0 Å². The predicted molar refractivity (Wildman–Crippen MR) is 241 cm³/mol. The Hall–Kier alpha value is -7.82. The van der Waals surface area contributed by atoms with Crippen LogP contribution >= 0.6 is 0 Å². The van der Waals surface area contributed by atoms with E-state index < -0.39 is 0 Å². The van der Waals surface area contributed by atoms with Gasteiger partial charge < -0.3 is 18.3 Å². The van der Waals surface area contributed by atoms with E-state index >= 15 is 0 Å². The van der Waals surface area contributed by atoms with Crippen LogP contribution in [0.1, 0.15) is 0 Å². The predicted octanol–water partition coefficient (Wildman–Crippen LogP) is 15.4. The minimum atomic E-state index is 0.861. The molecule has 4 heteroatoms. The van der Waals surface area contributed by atoms with Gasteiger partial charge in [0.05, 0.1) is 16.7 Å². The molecule has 4 nitrogen and oxygen atoms in total. The van der Waals surface area contributed by atoms with Crippen molar-refractivity contribution in [3.05, 3.63) is 206 Å². The van der Waals surface area contributed by atoms with Crippen LogP contribution in [0.3, 0.4) is 0 Å². The molecule has 0 N–H and O–H groups in total. The summed E-state index contributed by atoms with van der Waals surface area (Å²) in [4.78, 5) is 2.39. The van der Waals surface area contributed by atoms with E-state index in [9.17, 15) is 0 Å². The van der Waals surface area contributed by atoms with Gasteiger partial charge in [0.1, 0.15) is 22.3 Å². The van der Waals surface area contributed by atoms with E-state index in [4.69, 9.17) is 8.83 Å². The second-order valence-electron chi connectivity index (χ2n) is 14.9. The van der Waals surface area contributed by atoms with Crippen molar-refractivity contribution in [2.75, 3.05) is 4.90 Å². The molecule has 0 amide bonds. The highest BCUT2D eigenvalue weighted by molar-refractivity contribution is 6.15. The van der Waals surface area contributed by atoms with Gasteiger partial charge in [0.15, 0.2) is 0 Å². The van der Waals surface area contributed by atoms with Gasteiger partial charge in [-0.2, -0.15) is 0 Å². The summed E-state index contributed by atoms with van der Waals surface area (Å²) in [6.07, 6.45) is 0. The molecule has 0 atom stereocenters. The first kappa shape index (κ1) is 32.4. The van der Waals surface area contributed by atoms with Crippen molar-refractivity contribution < 1.29 is 8.83 Å². The van der Waals surface area contributed by atoms with Crippen molar-refractivity contribution >= 4 is 82.7 Å². The van der Waals surface area contributed by atoms with Crippen LogP contribution in [-0.4, -0.2) is 4.57 Å². The Balaban J connectivity index is 1.12. The second-order valence-corrected chi connectivity index (χ2v) is 14.9. The number of fused-ring (bicyclic) bond motifs is 9. The standard InChI is InChI=1S/C54H34N2O2/c1-2-17-36(18-3-1)55(47-26-9-6-22-41(47)43-25-15-31-52-53(43)44-24-8-13-30-51(44)57-52)38-33-45(54-46(34-38)42-23-7-12-29-50(42)58-54)35-16-14-19-37(32-35)56-48-27-10-4-20-39(48)40-21-5-11-28-49(40)56/h1-34H. The number of nitrogens with zero attached hydrogens (tertiary/aromatic N) is 2. The van der Waals surface area contributed by atoms with Crippen molar-refractivity contribution in [1.82, 2.24) is 4.57 Å². The van der Waals surface area contributed by atoms with Crippen molar-refractivity contribution in [2.24, 2.45) is 0 Å². The zero-order valence-electron chi connectivity index (χ0n) is 31.3. The fourth-order valence-electron chi connectivity index (χ4n) is 9.07. The molecular formula is C54H34N2O2. The molecule has 0 aliphatic carbocycles. The Morgan fingerprint density at radius 3 is 1.76 bits per heavy atom. The molecule has 0 saturated heterocycles. The van der Waals surface area contributed by atoms with Crippen LogP contribution in [0.4, 0.5) is 17.1 Å². The summed E-state index contributed by atoms with van der Waals surface area (Å²) in [6.45, 7) is 0. The minimum absolute atomic E-state index is 0.861. The van der Waals surface area contributed by atoms with E-state index in [0.717, 1.165) is 88.9 Å². The maximum atomic E-state index is 6.79. The molecule has 0 aliphatic rings. The number of aromatic nitrogens is 1.